The topological polar surface area (TPSA) is 48.5 Å². The van der Waals surface area contributed by atoms with Gasteiger partial charge in [0.25, 0.3) is 6.71 Å². The van der Waals surface area contributed by atoms with Crippen molar-refractivity contribution in [3.05, 3.63) is 352 Å². The molecule has 0 bridgehead atoms. The second-order valence-corrected chi connectivity index (χ2v) is 26.2. The van der Waals surface area contributed by atoms with Gasteiger partial charge in [0.05, 0.1) is 11.0 Å². The highest BCUT2D eigenvalue weighted by molar-refractivity contribution is 7.00. The second kappa shape index (κ2) is 22.8. The van der Waals surface area contributed by atoms with E-state index in [-0.39, 0.29) is 6.71 Å². The second-order valence-electron chi connectivity index (χ2n) is 26.2. The molecule has 0 saturated carbocycles. The summed E-state index contributed by atoms with van der Waals surface area (Å²) >= 11 is 0. The normalized spacial score (nSPS) is 12.0. The van der Waals surface area contributed by atoms with Gasteiger partial charge in [0.15, 0.2) is 17.5 Å². The molecule has 0 atom stereocenters. The molecular formula is C93H58BN5. The third-order valence-electron chi connectivity index (χ3n) is 20.5. The highest BCUT2D eigenvalue weighted by atomic mass is 15.1. The minimum atomic E-state index is -0.168. The Morgan fingerprint density at radius 2 is 0.485 bits per heavy atom. The molecule has 6 heteroatoms. The maximum absolute atomic E-state index is 5.84. The van der Waals surface area contributed by atoms with Crippen LogP contribution < -0.4 is 16.4 Å². The van der Waals surface area contributed by atoms with Gasteiger partial charge in [-0.25, -0.2) is 15.0 Å². The Balaban J connectivity index is 0.929. The van der Waals surface area contributed by atoms with E-state index in [4.69, 9.17) is 15.0 Å². The lowest BCUT2D eigenvalue weighted by Crippen LogP contribution is -2.59. The molecule has 15 aromatic carbocycles. The van der Waals surface area contributed by atoms with Crippen molar-refractivity contribution in [3.63, 3.8) is 0 Å². The summed E-state index contributed by atoms with van der Waals surface area (Å²) in [6.07, 6.45) is 0. The minimum Gasteiger partial charge on any atom is -0.310 e. The van der Waals surface area contributed by atoms with Crippen molar-refractivity contribution in [2.45, 2.75) is 0 Å². The molecule has 2 aliphatic heterocycles. The van der Waals surface area contributed by atoms with Crippen LogP contribution in [0.2, 0.25) is 0 Å². The predicted octanol–water partition coefficient (Wildman–Crippen LogP) is 21.5. The molecule has 0 saturated heterocycles. The fourth-order valence-electron chi connectivity index (χ4n) is 16.0. The van der Waals surface area contributed by atoms with Crippen LogP contribution in [0.15, 0.2) is 352 Å². The Morgan fingerprint density at radius 1 is 0.212 bits per heavy atom. The summed E-state index contributed by atoms with van der Waals surface area (Å²) in [6, 6.07) is 128. The van der Waals surface area contributed by atoms with Gasteiger partial charge in [0, 0.05) is 60.6 Å². The summed E-state index contributed by atoms with van der Waals surface area (Å²) in [5.41, 5.74) is 31.3. The van der Waals surface area contributed by atoms with E-state index < -0.39 is 0 Å². The fourth-order valence-corrected chi connectivity index (χ4v) is 16.0. The van der Waals surface area contributed by atoms with Crippen LogP contribution in [0.3, 0.4) is 0 Å². The van der Waals surface area contributed by atoms with Crippen molar-refractivity contribution in [2.75, 3.05) is 0 Å². The summed E-state index contributed by atoms with van der Waals surface area (Å²) in [7, 11) is 0. The first-order valence-electron chi connectivity index (χ1n) is 34.0. The number of aromatic nitrogens is 5. The van der Waals surface area contributed by atoms with E-state index in [0.717, 1.165) is 83.6 Å². The molecule has 5 heterocycles. The standard InChI is InChI=1S/C93H58BN5/c1-9-25-59(26-10-1)67-41-47-82-78(55-67)86-76(65-37-21-7-22-38-65)43-45-80-89(86)98(82)84-57-75(58-85-88(84)94(80)81-46-44-77(66-39-23-8-24-40-66)87-79-56-68(60-27-11-2-12-28-60)42-48-83(79)99(85)90(81)87)93-96-91(73-51-69(61-29-13-3-14-30-61)49-70(52-73)62-31-15-4-16-32-62)95-92(97-93)74-53-71(63-33-17-5-18-34-63)50-72(54-74)64-35-19-6-20-36-64/h1-58H. The first-order chi connectivity index (χ1) is 49.1. The molecule has 2 aliphatic rings. The molecule has 0 aliphatic carbocycles. The molecule has 99 heavy (non-hydrogen) atoms. The molecular weight excluding hydrogens is 1200 g/mol. The SMILES string of the molecule is c1ccc(-c2cc(-c3ccccc3)cc(-c3nc(-c4cc(-c5ccccc5)cc(-c5ccccc5)c4)nc(-c4cc5c6c(c4)-n4c7ccc(-c8ccccc8)cc7c7c(-c8ccccc8)ccc(c74)B6c4ccc(-c6ccccc6)c6c7cc(-c8ccccc8)ccc7n-5c46)n3)c2)cc1. The molecule has 5 nitrogen and oxygen atoms in total. The zero-order chi connectivity index (χ0) is 65.1. The average molecular weight is 1260 g/mol. The van der Waals surface area contributed by atoms with Crippen LogP contribution in [0.25, 0.3) is 178 Å². The van der Waals surface area contributed by atoms with Crippen LogP contribution in [0, 0.1) is 0 Å². The third kappa shape index (κ3) is 9.29. The van der Waals surface area contributed by atoms with E-state index in [9.17, 15) is 0 Å². The number of hydrogen-bond donors (Lipinski definition) is 0. The number of hydrogen-bond acceptors (Lipinski definition) is 3. The van der Waals surface area contributed by atoms with E-state index in [1.807, 2.05) is 0 Å². The summed E-state index contributed by atoms with van der Waals surface area (Å²) in [5, 5.41) is 4.84. The van der Waals surface area contributed by atoms with Gasteiger partial charge in [-0.1, -0.05) is 279 Å². The Bertz CT molecular complexity index is 5740. The Labute approximate surface area is 573 Å². The molecule has 0 amide bonds. The quantitative estimate of drug-likeness (QED) is 0.121. The van der Waals surface area contributed by atoms with Gasteiger partial charge < -0.3 is 9.13 Å². The number of nitrogens with zero attached hydrogens (tertiary/aromatic N) is 5. The molecule has 18 aromatic rings. The van der Waals surface area contributed by atoms with Gasteiger partial charge in [-0.05, 0) is 178 Å². The maximum atomic E-state index is 5.84. The Hall–Kier alpha value is -13.0. The van der Waals surface area contributed by atoms with E-state index in [0.29, 0.717) is 17.5 Å². The first-order valence-corrected chi connectivity index (χ1v) is 34.0. The predicted molar refractivity (Wildman–Crippen MR) is 413 cm³/mol. The Morgan fingerprint density at radius 3 is 0.798 bits per heavy atom. The molecule has 0 radical (unpaired) electrons. The van der Waals surface area contributed by atoms with Gasteiger partial charge in [0.2, 0.25) is 0 Å². The van der Waals surface area contributed by atoms with Crippen LogP contribution >= 0.6 is 0 Å². The molecule has 0 fully saturated rings. The van der Waals surface area contributed by atoms with Gasteiger partial charge in [-0.3, -0.25) is 0 Å². The third-order valence-corrected chi connectivity index (χ3v) is 20.5. The fraction of sp³-hybridized carbons (Fsp3) is 0. The van der Waals surface area contributed by atoms with Crippen molar-refractivity contribution in [3.8, 4) is 135 Å². The highest BCUT2D eigenvalue weighted by Gasteiger charge is 2.42. The summed E-state index contributed by atoms with van der Waals surface area (Å²) in [6.45, 7) is -0.168. The van der Waals surface area contributed by atoms with Gasteiger partial charge in [-0.2, -0.15) is 0 Å². The molecule has 3 aromatic heterocycles. The zero-order valence-electron chi connectivity index (χ0n) is 53.8. The summed E-state index contributed by atoms with van der Waals surface area (Å²) < 4.78 is 5.18. The molecule has 20 rings (SSSR count). The van der Waals surface area contributed by atoms with Gasteiger partial charge >= 0.3 is 0 Å². The highest BCUT2D eigenvalue weighted by Crippen LogP contribution is 2.47. The molecule has 0 spiro atoms. The molecule has 0 unspecified atom stereocenters. The summed E-state index contributed by atoms with van der Waals surface area (Å²) in [5.74, 6) is 1.70. The number of benzene rings is 15. The van der Waals surface area contributed by atoms with Gasteiger partial charge in [-0.15, -0.1) is 0 Å². The van der Waals surface area contributed by atoms with E-state index in [1.54, 1.807) is 0 Å². The van der Waals surface area contributed by atoms with E-state index >= 15 is 0 Å². The monoisotopic (exact) mass is 1260 g/mol. The van der Waals surface area contributed by atoms with Crippen molar-refractivity contribution < 1.29 is 0 Å². The molecule has 0 N–H and O–H groups in total. The molecule has 458 valence electrons. The number of rotatable bonds is 11. The average Bonchev–Trinajstić information content (AvgIpc) is 1.55. The smallest absolute Gasteiger partial charge is 0.252 e. The van der Waals surface area contributed by atoms with Crippen LogP contribution in [0.4, 0.5) is 0 Å². The van der Waals surface area contributed by atoms with Crippen LogP contribution in [0.1, 0.15) is 0 Å². The van der Waals surface area contributed by atoms with Crippen LogP contribution in [0.5, 0.6) is 0 Å². The Kier molecular flexibility index (Phi) is 13.0. The number of fused-ring (bicyclic) bond motifs is 10. The van der Waals surface area contributed by atoms with Crippen molar-refractivity contribution >= 4 is 66.7 Å². The lowest BCUT2D eigenvalue weighted by molar-refractivity contribution is 1.07. The summed E-state index contributed by atoms with van der Waals surface area (Å²) in [4.78, 5) is 17.4. The van der Waals surface area contributed by atoms with Gasteiger partial charge in [0.1, 0.15) is 0 Å². The lowest BCUT2D eigenvalue weighted by Gasteiger charge is -2.34. The minimum absolute atomic E-state index is 0.168. The maximum Gasteiger partial charge on any atom is 0.252 e. The largest absolute Gasteiger partial charge is 0.310 e. The van der Waals surface area contributed by atoms with Crippen molar-refractivity contribution in [2.24, 2.45) is 0 Å². The zero-order valence-corrected chi connectivity index (χ0v) is 53.8. The lowest BCUT2D eigenvalue weighted by atomic mass is 9.34. The van der Waals surface area contributed by atoms with Crippen LogP contribution in [-0.2, 0) is 0 Å². The van der Waals surface area contributed by atoms with E-state index in [2.05, 4.69) is 361 Å². The van der Waals surface area contributed by atoms with Crippen LogP contribution in [-0.4, -0.2) is 30.8 Å². The van der Waals surface area contributed by atoms with Crippen molar-refractivity contribution in [1.29, 1.82) is 0 Å². The van der Waals surface area contributed by atoms with Crippen molar-refractivity contribution in [1.82, 2.24) is 24.1 Å². The first kappa shape index (κ1) is 56.3. The van der Waals surface area contributed by atoms with E-state index in [1.165, 1.54) is 93.5 Å².